The van der Waals surface area contributed by atoms with E-state index < -0.39 is 0 Å². The molecule has 0 spiro atoms. The third-order valence-electron chi connectivity index (χ3n) is 2.44. The number of hydrogen-bond acceptors (Lipinski definition) is 0. The maximum atomic E-state index is 3.62. The molecule has 2 unspecified atom stereocenters. The Hall–Kier alpha value is 1.21. The molecule has 13 heavy (non-hydrogen) atoms. The molecule has 0 radical (unpaired) electrons. The van der Waals surface area contributed by atoms with Crippen LogP contribution in [-0.2, 0) is 0 Å². The summed E-state index contributed by atoms with van der Waals surface area (Å²) in [6.07, 6.45) is 9.87. The first-order valence-electron chi connectivity index (χ1n) is 5.46. The zero-order valence-electron chi connectivity index (χ0n) is 8.86. The van der Waals surface area contributed by atoms with Crippen molar-refractivity contribution < 1.29 is 0 Å². The molecule has 0 aliphatic heterocycles. The highest BCUT2D eigenvalue weighted by molar-refractivity contribution is 14.1. The average molecular weight is 361 g/mol. The summed E-state index contributed by atoms with van der Waals surface area (Å²) in [5.74, 6) is 0.826. The van der Waals surface area contributed by atoms with Crippen molar-refractivity contribution in [2.24, 2.45) is 5.92 Å². The fraction of sp³-hybridized carbons (Fsp3) is 1.00. The lowest BCUT2D eigenvalue weighted by molar-refractivity contribution is 0.516. The van der Waals surface area contributed by atoms with Gasteiger partial charge in [-0.15, -0.1) is 0 Å². The molecule has 0 aliphatic carbocycles. The maximum absolute atomic E-state index is 3.62. The number of hydrogen-bond donors (Lipinski definition) is 0. The molecule has 0 rings (SSSR count). The molecule has 0 aliphatic rings. The van der Waals surface area contributed by atoms with Crippen LogP contribution < -0.4 is 0 Å². The van der Waals surface area contributed by atoms with Gasteiger partial charge in [0.2, 0.25) is 0 Å². The summed E-state index contributed by atoms with van der Waals surface area (Å²) in [6, 6.07) is 0. The standard InChI is InChI=1S/C11H22BrI/c1-3-4-5-6-7-8-9-10(2)11(12)13/h10-11H,3-9H2,1-2H3. The van der Waals surface area contributed by atoms with E-state index in [0.29, 0.717) is 2.83 Å². The maximum Gasteiger partial charge on any atom is 0.0687 e. The van der Waals surface area contributed by atoms with Gasteiger partial charge < -0.3 is 0 Å². The SMILES string of the molecule is CCCCCCCCC(C)C(Br)I. The van der Waals surface area contributed by atoms with Crippen molar-refractivity contribution in [2.45, 2.75) is 61.6 Å². The predicted octanol–water partition coefficient (Wildman–Crippen LogP) is 5.53. The topological polar surface area (TPSA) is 0 Å². The summed E-state index contributed by atoms with van der Waals surface area (Å²) in [7, 11) is 0. The van der Waals surface area contributed by atoms with Crippen molar-refractivity contribution in [1.29, 1.82) is 0 Å². The highest BCUT2D eigenvalue weighted by Crippen LogP contribution is 2.24. The minimum absolute atomic E-state index is 0.653. The van der Waals surface area contributed by atoms with Crippen LogP contribution in [0.1, 0.15) is 58.8 Å². The van der Waals surface area contributed by atoms with Gasteiger partial charge in [-0.1, -0.05) is 90.9 Å². The number of halogens is 2. The van der Waals surface area contributed by atoms with Gasteiger partial charge >= 0.3 is 0 Å². The van der Waals surface area contributed by atoms with Gasteiger partial charge in [-0.2, -0.15) is 0 Å². The molecule has 80 valence electrons. The largest absolute Gasteiger partial charge is 0.0772 e. The third kappa shape index (κ3) is 9.51. The van der Waals surface area contributed by atoms with E-state index in [-0.39, 0.29) is 0 Å². The van der Waals surface area contributed by atoms with Gasteiger partial charge in [0, 0.05) is 0 Å². The van der Waals surface area contributed by atoms with Crippen molar-refractivity contribution >= 4 is 38.5 Å². The van der Waals surface area contributed by atoms with Crippen molar-refractivity contribution in [3.8, 4) is 0 Å². The summed E-state index contributed by atoms with van der Waals surface area (Å²) in [6.45, 7) is 4.60. The first-order chi connectivity index (χ1) is 6.18. The zero-order chi connectivity index (χ0) is 10.1. The smallest absolute Gasteiger partial charge is 0.0687 e. The monoisotopic (exact) mass is 360 g/mol. The minimum Gasteiger partial charge on any atom is -0.0772 e. The molecule has 0 N–H and O–H groups in total. The normalized spacial score (nSPS) is 15.7. The van der Waals surface area contributed by atoms with Crippen LogP contribution in [-0.4, -0.2) is 2.83 Å². The summed E-state index contributed by atoms with van der Waals surface area (Å²) in [4.78, 5) is 0. The van der Waals surface area contributed by atoms with E-state index in [1.807, 2.05) is 0 Å². The number of rotatable bonds is 8. The van der Waals surface area contributed by atoms with Gasteiger partial charge in [0.05, 0.1) is 2.83 Å². The molecule has 0 saturated carbocycles. The Balaban J connectivity index is 3.07. The lowest BCUT2D eigenvalue weighted by Crippen LogP contribution is -2.02. The molecule has 0 aromatic heterocycles. The van der Waals surface area contributed by atoms with Crippen LogP contribution in [0.2, 0.25) is 0 Å². The van der Waals surface area contributed by atoms with Gasteiger partial charge in [-0.3, -0.25) is 0 Å². The molecule has 0 nitrogen and oxygen atoms in total. The molecule has 0 fully saturated rings. The van der Waals surface area contributed by atoms with Gasteiger partial charge in [0.15, 0.2) is 0 Å². The fourth-order valence-electron chi connectivity index (χ4n) is 1.37. The highest BCUT2D eigenvalue weighted by atomic mass is 127. The number of alkyl halides is 2. The van der Waals surface area contributed by atoms with Crippen LogP contribution in [0, 0.1) is 5.92 Å². The van der Waals surface area contributed by atoms with Crippen LogP contribution >= 0.6 is 38.5 Å². The van der Waals surface area contributed by atoms with Gasteiger partial charge in [0.25, 0.3) is 0 Å². The summed E-state index contributed by atoms with van der Waals surface area (Å²) in [5.41, 5.74) is 0. The Kier molecular flexibility index (Phi) is 10.7. The first-order valence-corrected chi connectivity index (χ1v) is 7.62. The fourth-order valence-corrected chi connectivity index (χ4v) is 2.00. The molecule has 0 aromatic carbocycles. The molecular weight excluding hydrogens is 339 g/mol. The lowest BCUT2D eigenvalue weighted by Gasteiger charge is -2.11. The third-order valence-corrected chi connectivity index (χ3v) is 4.57. The molecule has 0 heterocycles. The summed E-state index contributed by atoms with van der Waals surface area (Å²) < 4.78 is 0.653. The Labute approximate surface area is 106 Å². The van der Waals surface area contributed by atoms with Crippen LogP contribution in [0.5, 0.6) is 0 Å². The second kappa shape index (κ2) is 9.75. The lowest BCUT2D eigenvalue weighted by atomic mass is 10.0. The van der Waals surface area contributed by atoms with Crippen LogP contribution in [0.4, 0.5) is 0 Å². The van der Waals surface area contributed by atoms with E-state index in [0.717, 1.165) is 5.92 Å². The van der Waals surface area contributed by atoms with Gasteiger partial charge in [-0.05, 0) is 12.3 Å². The molecular formula is C11H22BrI. The van der Waals surface area contributed by atoms with Crippen LogP contribution in [0.25, 0.3) is 0 Å². The van der Waals surface area contributed by atoms with Crippen molar-refractivity contribution in [3.05, 3.63) is 0 Å². The van der Waals surface area contributed by atoms with E-state index in [9.17, 15) is 0 Å². The molecule has 0 bridgehead atoms. The van der Waals surface area contributed by atoms with Gasteiger partial charge in [0.1, 0.15) is 0 Å². The Morgan fingerprint density at radius 2 is 1.62 bits per heavy atom. The second-order valence-corrected chi connectivity index (χ2v) is 7.91. The zero-order valence-corrected chi connectivity index (χ0v) is 12.6. The second-order valence-electron chi connectivity index (χ2n) is 3.87. The quantitative estimate of drug-likeness (QED) is 0.303. The summed E-state index contributed by atoms with van der Waals surface area (Å²) >= 11 is 6.08. The van der Waals surface area contributed by atoms with Crippen molar-refractivity contribution in [2.75, 3.05) is 0 Å². The first kappa shape index (κ1) is 14.2. The van der Waals surface area contributed by atoms with E-state index in [1.54, 1.807) is 0 Å². The van der Waals surface area contributed by atoms with E-state index in [2.05, 4.69) is 52.4 Å². The highest BCUT2D eigenvalue weighted by Gasteiger charge is 2.08. The van der Waals surface area contributed by atoms with Crippen LogP contribution in [0.3, 0.4) is 0 Å². The Morgan fingerprint density at radius 3 is 2.15 bits per heavy atom. The summed E-state index contributed by atoms with van der Waals surface area (Å²) in [5, 5.41) is 0. The molecule has 0 saturated heterocycles. The van der Waals surface area contributed by atoms with E-state index >= 15 is 0 Å². The molecule has 0 aromatic rings. The van der Waals surface area contributed by atoms with E-state index in [4.69, 9.17) is 0 Å². The Bertz CT molecular complexity index is 104. The average Bonchev–Trinajstić information content (AvgIpc) is 2.10. The van der Waals surface area contributed by atoms with E-state index in [1.165, 1.54) is 44.9 Å². The predicted molar refractivity (Wildman–Crippen MR) is 73.9 cm³/mol. The molecule has 2 heteroatoms. The molecule has 0 amide bonds. The van der Waals surface area contributed by atoms with Crippen molar-refractivity contribution in [3.63, 3.8) is 0 Å². The number of unbranched alkanes of at least 4 members (excludes halogenated alkanes) is 5. The minimum atomic E-state index is 0.653. The van der Waals surface area contributed by atoms with Crippen molar-refractivity contribution in [1.82, 2.24) is 0 Å². The molecule has 2 atom stereocenters. The van der Waals surface area contributed by atoms with Crippen LogP contribution in [0.15, 0.2) is 0 Å². The van der Waals surface area contributed by atoms with Gasteiger partial charge in [-0.25, -0.2) is 0 Å². The Morgan fingerprint density at radius 1 is 1.08 bits per heavy atom.